The molecular formula is C31H47N5O5. The molecule has 0 radical (unpaired) electrons. The molecular weight excluding hydrogens is 522 g/mol. The summed E-state index contributed by atoms with van der Waals surface area (Å²) in [6, 6.07) is 7.00. The van der Waals surface area contributed by atoms with Gasteiger partial charge in [-0.05, 0) is 38.8 Å². The molecule has 0 bridgehead atoms. The fourth-order valence-electron chi connectivity index (χ4n) is 6.30. The number of nitrogens with zero attached hydrogens (tertiary/aromatic N) is 2. The summed E-state index contributed by atoms with van der Waals surface area (Å²) in [5.41, 5.74) is 0.402. The van der Waals surface area contributed by atoms with Gasteiger partial charge in [0.1, 0.15) is 5.75 Å². The molecule has 3 N–H and O–H groups in total. The molecule has 3 heterocycles. The molecule has 4 amide bonds. The highest BCUT2D eigenvalue weighted by atomic mass is 16.5. The standard InChI is InChI=1S/C31H47N5O5/c1-6-32-20(2)28(38)33-18-21-19-35(30(40)31(3,4)5)15-13-22-11-12-23(36(22)29(21)39)17-27(37)34-25-14-16-41-26-10-8-7-9-24(25)26/h7-10,20-23,25,32H,6,11-19H2,1-5H3,(H,33,38)(H,34,37)/t20-,21?,22?,23?,25+/m0/s1. The Kier molecular flexibility index (Phi) is 9.94. The molecule has 3 aliphatic heterocycles. The quantitative estimate of drug-likeness (QED) is 0.442. The average Bonchev–Trinajstić information content (AvgIpc) is 3.32. The summed E-state index contributed by atoms with van der Waals surface area (Å²) in [5.74, 6) is -0.145. The zero-order valence-electron chi connectivity index (χ0n) is 25.2. The Labute approximate surface area is 243 Å². The maximum atomic E-state index is 14.1. The van der Waals surface area contributed by atoms with Gasteiger partial charge in [-0.3, -0.25) is 19.2 Å². The Bertz CT molecular complexity index is 1120. The maximum absolute atomic E-state index is 14.1. The van der Waals surface area contributed by atoms with Crippen LogP contribution in [0.25, 0.3) is 0 Å². The first kappa shape index (κ1) is 30.8. The predicted molar refractivity (Wildman–Crippen MR) is 156 cm³/mol. The van der Waals surface area contributed by atoms with E-state index in [0.29, 0.717) is 32.5 Å². The molecule has 2 saturated heterocycles. The van der Waals surface area contributed by atoms with Gasteiger partial charge in [-0.1, -0.05) is 45.9 Å². The van der Waals surface area contributed by atoms with Gasteiger partial charge in [-0.25, -0.2) is 0 Å². The Morgan fingerprint density at radius 3 is 2.59 bits per heavy atom. The molecule has 0 aromatic heterocycles. The number of ether oxygens (including phenoxy) is 1. The lowest BCUT2D eigenvalue weighted by Crippen LogP contribution is -2.56. The van der Waals surface area contributed by atoms with Crippen LogP contribution in [0.4, 0.5) is 0 Å². The van der Waals surface area contributed by atoms with Gasteiger partial charge in [0.05, 0.1) is 24.6 Å². The van der Waals surface area contributed by atoms with E-state index in [1.165, 1.54) is 0 Å². The number of para-hydroxylation sites is 1. The monoisotopic (exact) mass is 569 g/mol. The summed E-state index contributed by atoms with van der Waals surface area (Å²) in [5, 5.41) is 9.21. The summed E-state index contributed by atoms with van der Waals surface area (Å²) >= 11 is 0. The van der Waals surface area contributed by atoms with E-state index >= 15 is 0 Å². The SMILES string of the molecule is CCN[C@@H](C)C(=O)NCC1CN(C(=O)C(C)(C)C)CCC2CCC(CC(=O)N[C@@H]3CCOc4ccccc43)N2C1=O. The zero-order chi connectivity index (χ0) is 29.7. The van der Waals surface area contributed by atoms with Crippen LogP contribution >= 0.6 is 0 Å². The maximum Gasteiger partial charge on any atom is 0.236 e. The number of carbonyl (C=O) groups is 4. The molecule has 4 rings (SSSR count). The van der Waals surface area contributed by atoms with Crippen molar-refractivity contribution in [1.29, 1.82) is 0 Å². The second-order valence-electron chi connectivity index (χ2n) is 12.6. The van der Waals surface area contributed by atoms with Crippen molar-refractivity contribution in [2.45, 2.75) is 90.9 Å². The lowest BCUT2D eigenvalue weighted by Gasteiger charge is -2.40. The van der Waals surface area contributed by atoms with Gasteiger partial charge in [-0.2, -0.15) is 0 Å². The average molecular weight is 570 g/mol. The van der Waals surface area contributed by atoms with E-state index in [1.54, 1.807) is 11.8 Å². The number of hydrogen-bond acceptors (Lipinski definition) is 6. The normalized spacial score (nSPS) is 25.2. The van der Waals surface area contributed by atoms with Gasteiger partial charge >= 0.3 is 0 Å². The van der Waals surface area contributed by atoms with Gasteiger partial charge in [0.2, 0.25) is 23.6 Å². The van der Waals surface area contributed by atoms with Crippen LogP contribution < -0.4 is 20.7 Å². The van der Waals surface area contributed by atoms with Crippen LogP contribution in [0, 0.1) is 11.3 Å². The number of amides is 4. The van der Waals surface area contributed by atoms with Crippen molar-refractivity contribution in [3.8, 4) is 5.75 Å². The highest BCUT2D eigenvalue weighted by Crippen LogP contribution is 2.34. The van der Waals surface area contributed by atoms with Crippen LogP contribution in [0.3, 0.4) is 0 Å². The Hall–Kier alpha value is -3.14. The van der Waals surface area contributed by atoms with Crippen LogP contribution in [0.15, 0.2) is 24.3 Å². The first-order valence-corrected chi connectivity index (χ1v) is 15.1. The second kappa shape index (κ2) is 13.2. The summed E-state index contributed by atoms with van der Waals surface area (Å²) in [4.78, 5) is 57.1. The molecule has 1 aromatic carbocycles. The smallest absolute Gasteiger partial charge is 0.236 e. The third-order valence-corrected chi connectivity index (χ3v) is 8.47. The molecule has 0 spiro atoms. The number of benzene rings is 1. The van der Waals surface area contributed by atoms with E-state index in [2.05, 4.69) is 16.0 Å². The minimum Gasteiger partial charge on any atom is -0.493 e. The fraction of sp³-hybridized carbons (Fsp3) is 0.677. The highest BCUT2D eigenvalue weighted by Gasteiger charge is 2.44. The van der Waals surface area contributed by atoms with Crippen molar-refractivity contribution in [2.24, 2.45) is 11.3 Å². The largest absolute Gasteiger partial charge is 0.493 e. The number of nitrogens with one attached hydrogen (secondary N) is 3. The van der Waals surface area contributed by atoms with E-state index in [0.717, 1.165) is 24.2 Å². The van der Waals surface area contributed by atoms with E-state index in [9.17, 15) is 19.2 Å². The van der Waals surface area contributed by atoms with Crippen molar-refractivity contribution in [3.05, 3.63) is 29.8 Å². The molecule has 2 fully saturated rings. The number of fused-ring (bicyclic) bond motifs is 2. The van der Waals surface area contributed by atoms with E-state index in [-0.39, 0.29) is 67.3 Å². The van der Waals surface area contributed by atoms with Crippen molar-refractivity contribution in [1.82, 2.24) is 25.8 Å². The molecule has 3 aliphatic rings. The van der Waals surface area contributed by atoms with Gasteiger partial charge in [0.25, 0.3) is 0 Å². The molecule has 0 aliphatic carbocycles. The molecule has 5 atom stereocenters. The number of carbonyl (C=O) groups excluding carboxylic acids is 4. The minimum atomic E-state index is -0.590. The fourth-order valence-corrected chi connectivity index (χ4v) is 6.30. The van der Waals surface area contributed by atoms with Crippen molar-refractivity contribution < 1.29 is 23.9 Å². The van der Waals surface area contributed by atoms with Gasteiger partial charge < -0.3 is 30.5 Å². The molecule has 1 aromatic rings. The molecule has 226 valence electrons. The number of likely N-dealkylation sites (N-methyl/N-ethyl adjacent to an activating group) is 1. The van der Waals surface area contributed by atoms with Crippen molar-refractivity contribution in [2.75, 3.05) is 32.8 Å². The zero-order valence-corrected chi connectivity index (χ0v) is 25.2. The summed E-state index contributed by atoms with van der Waals surface area (Å²) < 4.78 is 5.74. The molecule has 41 heavy (non-hydrogen) atoms. The van der Waals surface area contributed by atoms with Crippen LogP contribution in [-0.4, -0.2) is 84.3 Å². The molecule has 0 saturated carbocycles. The number of hydrogen-bond donors (Lipinski definition) is 3. The van der Waals surface area contributed by atoms with Crippen LogP contribution in [0.5, 0.6) is 5.75 Å². The Balaban J connectivity index is 1.48. The minimum absolute atomic E-state index is 0.00163. The first-order chi connectivity index (χ1) is 19.5. The lowest BCUT2D eigenvalue weighted by molar-refractivity contribution is -0.147. The van der Waals surface area contributed by atoms with Crippen molar-refractivity contribution in [3.63, 3.8) is 0 Å². The third-order valence-electron chi connectivity index (χ3n) is 8.47. The van der Waals surface area contributed by atoms with Crippen LogP contribution in [-0.2, 0) is 19.2 Å². The lowest BCUT2D eigenvalue weighted by atomic mass is 9.92. The Morgan fingerprint density at radius 2 is 1.85 bits per heavy atom. The third kappa shape index (κ3) is 7.39. The number of rotatable bonds is 8. The molecule has 3 unspecified atom stereocenters. The van der Waals surface area contributed by atoms with Crippen LogP contribution in [0.2, 0.25) is 0 Å². The Morgan fingerprint density at radius 1 is 1.10 bits per heavy atom. The highest BCUT2D eigenvalue weighted by molar-refractivity contribution is 5.86. The van der Waals surface area contributed by atoms with Gasteiger partial charge in [-0.15, -0.1) is 0 Å². The summed E-state index contributed by atoms with van der Waals surface area (Å²) in [7, 11) is 0. The van der Waals surface area contributed by atoms with Gasteiger partial charge in [0.15, 0.2) is 0 Å². The first-order valence-electron chi connectivity index (χ1n) is 15.1. The van der Waals surface area contributed by atoms with E-state index in [1.807, 2.05) is 56.9 Å². The second-order valence-corrected chi connectivity index (χ2v) is 12.6. The molecule has 10 nitrogen and oxygen atoms in total. The van der Waals surface area contributed by atoms with Gasteiger partial charge in [0, 0.05) is 55.5 Å². The van der Waals surface area contributed by atoms with E-state index in [4.69, 9.17) is 4.74 Å². The van der Waals surface area contributed by atoms with Crippen LogP contribution in [0.1, 0.15) is 78.3 Å². The van der Waals surface area contributed by atoms with Crippen molar-refractivity contribution >= 4 is 23.6 Å². The van der Waals surface area contributed by atoms with E-state index < -0.39 is 11.3 Å². The summed E-state index contributed by atoms with van der Waals surface area (Å²) in [6.07, 6.45) is 3.12. The molecule has 10 heteroatoms. The topological polar surface area (TPSA) is 120 Å². The predicted octanol–water partition coefficient (Wildman–Crippen LogP) is 2.38. The summed E-state index contributed by atoms with van der Waals surface area (Å²) in [6.45, 7) is 11.5.